The Morgan fingerprint density at radius 2 is 2.24 bits per heavy atom. The van der Waals surface area contributed by atoms with Crippen LogP contribution >= 0.6 is 23.2 Å². The summed E-state index contributed by atoms with van der Waals surface area (Å²) < 4.78 is 5.06. The summed E-state index contributed by atoms with van der Waals surface area (Å²) in [6.07, 6.45) is 0. The van der Waals surface area contributed by atoms with Gasteiger partial charge in [-0.05, 0) is 6.07 Å². The number of aromatic amines is 1. The molecule has 0 saturated carbocycles. The van der Waals surface area contributed by atoms with Gasteiger partial charge in [-0.25, -0.2) is 0 Å². The summed E-state index contributed by atoms with van der Waals surface area (Å²) >= 11 is 11.5. The fourth-order valence-electron chi connectivity index (χ4n) is 1.19. The number of amides is 1. The highest BCUT2D eigenvalue weighted by Crippen LogP contribution is 2.22. The highest BCUT2D eigenvalue weighted by atomic mass is 35.5. The van der Waals surface area contributed by atoms with Gasteiger partial charge in [0.05, 0.1) is 24.8 Å². The molecule has 0 unspecified atom stereocenters. The molecule has 1 aromatic heterocycles. The molecule has 7 heteroatoms. The van der Waals surface area contributed by atoms with Crippen LogP contribution in [0.3, 0.4) is 0 Å². The molecule has 0 fully saturated rings. The molecule has 1 amide bonds. The number of nitrogens with zero attached hydrogens (tertiary/aromatic N) is 1. The number of aliphatic hydroxyl groups excluding tert-OH is 1. The van der Waals surface area contributed by atoms with Gasteiger partial charge in [0, 0.05) is 13.6 Å². The maximum absolute atomic E-state index is 11.8. The first-order valence-electron chi connectivity index (χ1n) is 5.04. The van der Waals surface area contributed by atoms with Crippen LogP contribution in [0.1, 0.15) is 10.5 Å². The molecule has 2 N–H and O–H groups in total. The normalized spacial score (nSPS) is 10.6. The Morgan fingerprint density at radius 3 is 2.76 bits per heavy atom. The van der Waals surface area contributed by atoms with Crippen LogP contribution in [-0.4, -0.2) is 54.3 Å². The zero-order valence-corrected chi connectivity index (χ0v) is 10.9. The van der Waals surface area contributed by atoms with E-state index in [4.69, 9.17) is 33.0 Å². The molecule has 1 aromatic rings. The first kappa shape index (κ1) is 14.3. The van der Waals surface area contributed by atoms with Crippen LogP contribution in [0.4, 0.5) is 0 Å². The third kappa shape index (κ3) is 4.20. The van der Waals surface area contributed by atoms with E-state index >= 15 is 0 Å². The number of hydrogen-bond acceptors (Lipinski definition) is 3. The summed E-state index contributed by atoms with van der Waals surface area (Å²) in [5.74, 6) is -0.216. The van der Waals surface area contributed by atoms with E-state index in [1.54, 1.807) is 7.05 Å². The highest BCUT2D eigenvalue weighted by Gasteiger charge is 2.15. The van der Waals surface area contributed by atoms with Gasteiger partial charge in [0.15, 0.2) is 0 Å². The van der Waals surface area contributed by atoms with Crippen LogP contribution in [0.2, 0.25) is 10.2 Å². The first-order chi connectivity index (χ1) is 8.06. The number of hydrogen-bond donors (Lipinski definition) is 2. The molecule has 0 aromatic carbocycles. The van der Waals surface area contributed by atoms with Crippen LogP contribution in [0.5, 0.6) is 0 Å². The van der Waals surface area contributed by atoms with Crippen molar-refractivity contribution in [1.29, 1.82) is 0 Å². The predicted molar refractivity (Wildman–Crippen MR) is 65.7 cm³/mol. The van der Waals surface area contributed by atoms with Crippen molar-refractivity contribution in [2.75, 3.05) is 33.4 Å². The van der Waals surface area contributed by atoms with Gasteiger partial charge < -0.3 is 19.7 Å². The van der Waals surface area contributed by atoms with Crippen molar-refractivity contribution < 1.29 is 14.6 Å². The van der Waals surface area contributed by atoms with Crippen molar-refractivity contribution in [3.8, 4) is 0 Å². The quantitative estimate of drug-likeness (QED) is 0.775. The van der Waals surface area contributed by atoms with E-state index in [1.807, 2.05) is 0 Å². The number of likely N-dealkylation sites (N-methyl/N-ethyl adjacent to an activating group) is 1. The topological polar surface area (TPSA) is 65.6 Å². The number of nitrogens with one attached hydrogen (secondary N) is 1. The van der Waals surface area contributed by atoms with Gasteiger partial charge in [0.1, 0.15) is 10.8 Å². The molecular weight excluding hydrogens is 267 g/mol. The Balaban J connectivity index is 2.46. The molecule has 17 heavy (non-hydrogen) atoms. The lowest BCUT2D eigenvalue weighted by molar-refractivity contribution is 0.0615. The Labute approximate surface area is 109 Å². The van der Waals surface area contributed by atoms with E-state index in [-0.39, 0.29) is 24.3 Å². The van der Waals surface area contributed by atoms with E-state index in [0.29, 0.717) is 23.9 Å². The van der Waals surface area contributed by atoms with Crippen LogP contribution in [0.25, 0.3) is 0 Å². The molecule has 0 aliphatic carbocycles. The van der Waals surface area contributed by atoms with Gasteiger partial charge in [-0.3, -0.25) is 4.79 Å². The number of aliphatic hydroxyl groups is 1. The molecule has 5 nitrogen and oxygen atoms in total. The minimum atomic E-state index is -0.216. The minimum absolute atomic E-state index is 0.0283. The predicted octanol–water partition coefficient (Wildman–Crippen LogP) is 1.40. The number of rotatable bonds is 6. The number of halogens is 2. The molecule has 0 atom stereocenters. The van der Waals surface area contributed by atoms with Crippen molar-refractivity contribution in [3.63, 3.8) is 0 Å². The van der Waals surface area contributed by atoms with Gasteiger partial charge in [-0.15, -0.1) is 0 Å². The second kappa shape index (κ2) is 6.86. The van der Waals surface area contributed by atoms with Crippen molar-refractivity contribution in [3.05, 3.63) is 21.9 Å². The highest BCUT2D eigenvalue weighted by molar-refractivity contribution is 6.41. The molecule has 0 aliphatic rings. The number of aromatic nitrogens is 1. The van der Waals surface area contributed by atoms with Crippen LogP contribution < -0.4 is 0 Å². The van der Waals surface area contributed by atoms with Crippen molar-refractivity contribution in [2.45, 2.75) is 0 Å². The van der Waals surface area contributed by atoms with Crippen molar-refractivity contribution in [2.24, 2.45) is 0 Å². The second-order valence-corrected chi connectivity index (χ2v) is 4.19. The fraction of sp³-hybridized carbons (Fsp3) is 0.500. The van der Waals surface area contributed by atoms with Gasteiger partial charge in [-0.1, -0.05) is 23.2 Å². The summed E-state index contributed by atoms with van der Waals surface area (Å²) in [5.41, 5.74) is 0.338. The number of carbonyl (C=O) groups excluding carboxylic acids is 1. The lowest BCUT2D eigenvalue weighted by Gasteiger charge is -2.15. The second-order valence-electron chi connectivity index (χ2n) is 3.41. The van der Waals surface area contributed by atoms with Crippen LogP contribution in [0.15, 0.2) is 6.07 Å². The van der Waals surface area contributed by atoms with E-state index in [1.165, 1.54) is 11.0 Å². The van der Waals surface area contributed by atoms with Gasteiger partial charge in [0.2, 0.25) is 0 Å². The lowest BCUT2D eigenvalue weighted by Crippen LogP contribution is -2.30. The summed E-state index contributed by atoms with van der Waals surface area (Å²) in [5, 5.41) is 9.08. The van der Waals surface area contributed by atoms with E-state index in [2.05, 4.69) is 4.98 Å². The third-order valence-electron chi connectivity index (χ3n) is 2.11. The van der Waals surface area contributed by atoms with Gasteiger partial charge in [0.25, 0.3) is 5.91 Å². The molecule has 96 valence electrons. The fourth-order valence-corrected chi connectivity index (χ4v) is 1.51. The minimum Gasteiger partial charge on any atom is -0.394 e. The smallest absolute Gasteiger partial charge is 0.270 e. The summed E-state index contributed by atoms with van der Waals surface area (Å²) in [7, 11) is 1.65. The Morgan fingerprint density at radius 1 is 1.53 bits per heavy atom. The van der Waals surface area contributed by atoms with E-state index in [9.17, 15) is 4.79 Å². The molecule has 1 rings (SSSR count). The summed E-state index contributed by atoms with van der Waals surface area (Å²) in [4.78, 5) is 16.0. The average Bonchev–Trinajstić information content (AvgIpc) is 2.64. The van der Waals surface area contributed by atoms with Gasteiger partial charge in [-0.2, -0.15) is 0 Å². The molecule has 0 saturated heterocycles. The first-order valence-corrected chi connectivity index (χ1v) is 5.80. The number of carbonyl (C=O) groups is 1. The molecule has 1 heterocycles. The maximum atomic E-state index is 11.8. The van der Waals surface area contributed by atoms with Crippen molar-refractivity contribution in [1.82, 2.24) is 9.88 Å². The monoisotopic (exact) mass is 280 g/mol. The van der Waals surface area contributed by atoms with Crippen LogP contribution in [0, 0.1) is 0 Å². The summed E-state index contributed by atoms with van der Waals surface area (Å²) in [6, 6.07) is 1.48. The zero-order valence-electron chi connectivity index (χ0n) is 9.37. The van der Waals surface area contributed by atoms with Gasteiger partial charge >= 0.3 is 0 Å². The van der Waals surface area contributed by atoms with Crippen molar-refractivity contribution >= 4 is 29.1 Å². The molecule has 0 spiro atoms. The number of ether oxygens (including phenoxy) is 1. The zero-order chi connectivity index (χ0) is 12.8. The molecular formula is C10H14Cl2N2O3. The standard InChI is InChI=1S/C10H14Cl2N2O3/c1-14(2-4-17-5-3-15)10(16)8-6-7(11)9(12)13-8/h6,13,15H,2-5H2,1H3. The molecule has 0 aliphatic heterocycles. The van der Waals surface area contributed by atoms with E-state index in [0.717, 1.165) is 0 Å². The maximum Gasteiger partial charge on any atom is 0.270 e. The number of H-pyrrole nitrogens is 1. The Kier molecular flexibility index (Phi) is 5.77. The average molecular weight is 281 g/mol. The van der Waals surface area contributed by atoms with Crippen LogP contribution in [-0.2, 0) is 4.74 Å². The largest absolute Gasteiger partial charge is 0.394 e. The Hall–Kier alpha value is -0.750. The Bertz CT molecular complexity index is 362. The van der Waals surface area contributed by atoms with E-state index < -0.39 is 0 Å². The molecule has 0 radical (unpaired) electrons. The summed E-state index contributed by atoms with van der Waals surface area (Å²) in [6.45, 7) is 1.03. The third-order valence-corrected chi connectivity index (χ3v) is 2.80. The SMILES string of the molecule is CN(CCOCCO)C(=O)c1cc(Cl)c(Cl)[nH]1. The lowest BCUT2D eigenvalue weighted by atomic mass is 10.4. The molecule has 0 bridgehead atoms.